The van der Waals surface area contributed by atoms with Crippen LogP contribution in [0.1, 0.15) is 46.5 Å². The number of amides is 1. The van der Waals surface area contributed by atoms with Crippen LogP contribution < -0.4 is 0 Å². The number of Topliss-reactive ketones (excluding diaryl/α,β-unsaturated/α-hetero) is 1. The SMILES string of the molecule is Cc1ccc(C(=O)CC(C)(C)N(Cl)N(Cl)C(=O)c2ccccc2Cl)cc1.Cl. The van der Waals surface area contributed by atoms with Crippen LogP contribution in [0.15, 0.2) is 48.5 Å². The van der Waals surface area contributed by atoms with E-state index in [1.165, 1.54) is 0 Å². The first-order chi connectivity index (χ1) is 12.1. The Morgan fingerprint density at radius 3 is 2.11 bits per heavy atom. The van der Waals surface area contributed by atoms with Gasteiger partial charge < -0.3 is 0 Å². The van der Waals surface area contributed by atoms with Crippen LogP contribution in [0.2, 0.25) is 5.02 Å². The van der Waals surface area contributed by atoms with Crippen molar-refractivity contribution < 1.29 is 9.59 Å². The van der Waals surface area contributed by atoms with E-state index in [1.807, 2.05) is 19.1 Å². The van der Waals surface area contributed by atoms with Crippen LogP contribution in [-0.2, 0) is 0 Å². The number of aryl methyl sites for hydroxylation is 1. The van der Waals surface area contributed by atoms with Crippen molar-refractivity contribution in [3.8, 4) is 0 Å². The third-order valence-corrected chi connectivity index (χ3v) is 5.21. The summed E-state index contributed by atoms with van der Waals surface area (Å²) in [7, 11) is 0. The predicted octanol–water partition coefficient (Wildman–Crippen LogP) is 6.09. The minimum Gasteiger partial charge on any atom is -0.294 e. The van der Waals surface area contributed by atoms with Gasteiger partial charge in [0.1, 0.15) is 0 Å². The standard InChI is InChI=1S/C19H19Cl3N2O2.ClH/c1-13-8-10-14(11-9-13)17(25)12-19(2,3)24(22)23(21)18(26)15-6-4-5-7-16(15)20;/h4-11H,12H2,1-3H3;1H. The molecule has 146 valence electrons. The van der Waals surface area contributed by atoms with Crippen LogP contribution in [0.25, 0.3) is 0 Å². The smallest absolute Gasteiger partial charge is 0.285 e. The molecule has 0 spiro atoms. The number of carbonyl (C=O) groups is 2. The van der Waals surface area contributed by atoms with E-state index in [-0.39, 0.29) is 35.2 Å². The third-order valence-electron chi connectivity index (χ3n) is 3.89. The predicted molar refractivity (Wildman–Crippen MR) is 113 cm³/mol. The summed E-state index contributed by atoms with van der Waals surface area (Å²) in [5.74, 6) is -0.681. The zero-order chi connectivity index (χ0) is 19.5. The minimum absolute atomic E-state index is 0. The van der Waals surface area contributed by atoms with Crippen molar-refractivity contribution in [3.05, 3.63) is 70.2 Å². The van der Waals surface area contributed by atoms with Gasteiger partial charge in [-0.3, -0.25) is 9.59 Å². The number of hydrogen-bond acceptors (Lipinski definition) is 3. The molecule has 0 atom stereocenters. The molecule has 0 bridgehead atoms. The molecule has 2 aromatic carbocycles. The van der Waals surface area contributed by atoms with Gasteiger partial charge in [0.05, 0.1) is 16.1 Å². The zero-order valence-electron chi connectivity index (χ0n) is 15.1. The van der Waals surface area contributed by atoms with E-state index in [0.717, 1.165) is 14.6 Å². The number of benzene rings is 2. The molecule has 0 saturated carbocycles. The highest BCUT2D eigenvalue weighted by Crippen LogP contribution is 2.29. The Balaban J connectivity index is 0.00000364. The molecule has 8 heteroatoms. The molecule has 0 radical (unpaired) electrons. The second-order valence-electron chi connectivity index (χ2n) is 6.58. The molecule has 0 aliphatic rings. The van der Waals surface area contributed by atoms with Crippen LogP contribution in [-0.4, -0.2) is 26.3 Å². The highest BCUT2D eigenvalue weighted by atomic mass is 35.5. The van der Waals surface area contributed by atoms with Crippen molar-refractivity contribution in [3.63, 3.8) is 0 Å². The van der Waals surface area contributed by atoms with Crippen LogP contribution >= 0.6 is 47.6 Å². The first kappa shape index (κ1) is 23.7. The van der Waals surface area contributed by atoms with Gasteiger partial charge >= 0.3 is 0 Å². The van der Waals surface area contributed by atoms with Crippen molar-refractivity contribution in [1.29, 1.82) is 0 Å². The maximum atomic E-state index is 12.5. The van der Waals surface area contributed by atoms with Gasteiger partial charge in [0.2, 0.25) is 0 Å². The fraction of sp³-hybridized carbons (Fsp3) is 0.263. The van der Waals surface area contributed by atoms with Gasteiger partial charge in [0.15, 0.2) is 5.78 Å². The van der Waals surface area contributed by atoms with Crippen molar-refractivity contribution in [2.45, 2.75) is 32.7 Å². The Bertz CT molecular complexity index is 810. The summed E-state index contributed by atoms with van der Waals surface area (Å²) < 4.78 is 1.76. The summed E-state index contributed by atoms with van der Waals surface area (Å²) in [6.07, 6.45) is 0.0680. The molecule has 0 saturated heterocycles. The topological polar surface area (TPSA) is 40.6 Å². The largest absolute Gasteiger partial charge is 0.294 e. The summed E-state index contributed by atoms with van der Waals surface area (Å²) in [4.78, 5) is 25.1. The van der Waals surface area contributed by atoms with Gasteiger partial charge in [0.25, 0.3) is 5.91 Å². The molecule has 0 N–H and O–H groups in total. The minimum atomic E-state index is -0.914. The van der Waals surface area contributed by atoms with E-state index < -0.39 is 11.4 Å². The molecule has 0 unspecified atom stereocenters. The molecule has 1 amide bonds. The number of hydrogen-bond donors (Lipinski definition) is 0. The number of nitrogens with zero attached hydrogens (tertiary/aromatic N) is 2. The molecule has 0 aromatic heterocycles. The lowest BCUT2D eigenvalue weighted by Crippen LogP contribution is -2.48. The second kappa shape index (κ2) is 9.76. The van der Waals surface area contributed by atoms with Gasteiger partial charge in [0, 0.05) is 35.5 Å². The van der Waals surface area contributed by atoms with Gasteiger partial charge in [-0.2, -0.15) is 4.53 Å². The molecule has 2 rings (SSSR count). The number of ketones is 1. The van der Waals surface area contributed by atoms with E-state index in [0.29, 0.717) is 5.56 Å². The highest BCUT2D eigenvalue weighted by molar-refractivity contribution is 6.35. The van der Waals surface area contributed by atoms with Crippen molar-refractivity contribution >= 4 is 59.3 Å². The molecule has 4 nitrogen and oxygen atoms in total. The monoisotopic (exact) mass is 448 g/mol. The Labute approximate surface area is 180 Å². The van der Waals surface area contributed by atoms with Crippen molar-refractivity contribution in [2.24, 2.45) is 0 Å². The summed E-state index contributed by atoms with van der Waals surface area (Å²) in [6.45, 7) is 5.40. The molecule has 27 heavy (non-hydrogen) atoms. The molecule has 0 aliphatic heterocycles. The molecule has 0 fully saturated rings. The number of hydrazine groups is 1. The lowest BCUT2D eigenvalue weighted by molar-refractivity contribution is 0.0374. The quantitative estimate of drug-likeness (QED) is 0.304. The van der Waals surface area contributed by atoms with Gasteiger partial charge in [-0.25, -0.2) is 0 Å². The fourth-order valence-corrected chi connectivity index (χ4v) is 2.99. The molecular weight excluding hydrogens is 430 g/mol. The van der Waals surface area contributed by atoms with Crippen molar-refractivity contribution in [1.82, 2.24) is 9.06 Å². The fourth-order valence-electron chi connectivity index (χ4n) is 2.35. The van der Waals surface area contributed by atoms with E-state index in [9.17, 15) is 9.59 Å². The van der Waals surface area contributed by atoms with Crippen LogP contribution in [0.5, 0.6) is 0 Å². The second-order valence-corrected chi connectivity index (χ2v) is 7.63. The molecule has 2 aromatic rings. The number of carbonyl (C=O) groups excluding carboxylic acids is 2. The summed E-state index contributed by atoms with van der Waals surface area (Å²) in [5, 5.41) is 0.266. The Morgan fingerprint density at radius 1 is 1.00 bits per heavy atom. The summed E-state index contributed by atoms with van der Waals surface area (Å²) in [5.41, 5.74) is 0.946. The maximum Gasteiger partial charge on any atom is 0.285 e. The third kappa shape index (κ3) is 5.84. The van der Waals surface area contributed by atoms with E-state index in [1.54, 1.807) is 50.2 Å². The normalized spacial score (nSPS) is 11.1. The highest BCUT2D eigenvalue weighted by Gasteiger charge is 2.36. The van der Waals surface area contributed by atoms with Crippen molar-refractivity contribution in [2.75, 3.05) is 0 Å². The van der Waals surface area contributed by atoms with Crippen LogP contribution in [0, 0.1) is 6.92 Å². The Hall–Kier alpha value is -1.30. The molecule has 0 heterocycles. The van der Waals surface area contributed by atoms with E-state index >= 15 is 0 Å². The average Bonchev–Trinajstić information content (AvgIpc) is 2.60. The lowest BCUT2D eigenvalue weighted by atomic mass is 9.94. The number of rotatable bonds is 6. The Kier molecular flexibility index (Phi) is 8.58. The number of halogens is 4. The van der Waals surface area contributed by atoms with E-state index in [4.69, 9.17) is 35.2 Å². The van der Waals surface area contributed by atoms with Gasteiger partial charge in [-0.15, -0.1) is 16.9 Å². The lowest BCUT2D eigenvalue weighted by Gasteiger charge is -2.36. The first-order valence-electron chi connectivity index (χ1n) is 7.94. The molecular formula is C19H20Cl4N2O2. The maximum absolute atomic E-state index is 12.5. The summed E-state index contributed by atoms with van der Waals surface area (Å²) >= 11 is 18.5. The van der Waals surface area contributed by atoms with Gasteiger partial charge in [-0.1, -0.05) is 53.6 Å². The van der Waals surface area contributed by atoms with Gasteiger partial charge in [-0.05, 0) is 32.9 Å². The van der Waals surface area contributed by atoms with Crippen LogP contribution in [0.4, 0.5) is 0 Å². The Morgan fingerprint density at radius 2 is 1.56 bits per heavy atom. The van der Waals surface area contributed by atoms with Crippen LogP contribution in [0.3, 0.4) is 0 Å². The first-order valence-corrected chi connectivity index (χ1v) is 8.99. The summed E-state index contributed by atoms with van der Waals surface area (Å²) in [6, 6.07) is 13.8. The van der Waals surface area contributed by atoms with E-state index in [2.05, 4.69) is 0 Å². The molecule has 0 aliphatic carbocycles. The average molecular weight is 450 g/mol. The zero-order valence-corrected chi connectivity index (χ0v) is 18.2.